The van der Waals surface area contributed by atoms with Gasteiger partial charge in [0.25, 0.3) is 0 Å². The third-order valence-corrected chi connectivity index (χ3v) is 2.98. The van der Waals surface area contributed by atoms with Crippen molar-refractivity contribution in [2.75, 3.05) is 0 Å². The molecule has 0 bridgehead atoms. The van der Waals surface area contributed by atoms with Gasteiger partial charge >= 0.3 is 11.9 Å². The monoisotopic (exact) mass is 216 g/mol. The number of cyclic esters (lactones) is 1. The van der Waals surface area contributed by atoms with Crippen LogP contribution in [0, 0.1) is 11.8 Å². The summed E-state index contributed by atoms with van der Waals surface area (Å²) in [7, 11) is 0. The number of aliphatic hydroxyl groups is 1. The molecule has 1 fully saturated rings. The van der Waals surface area contributed by atoms with Crippen LogP contribution in [0.1, 0.15) is 27.2 Å². The number of esters is 1. The van der Waals surface area contributed by atoms with E-state index in [2.05, 4.69) is 0 Å². The van der Waals surface area contributed by atoms with Crippen LogP contribution < -0.4 is 0 Å². The first-order valence-electron chi connectivity index (χ1n) is 5.01. The van der Waals surface area contributed by atoms with Gasteiger partial charge < -0.3 is 14.9 Å². The van der Waals surface area contributed by atoms with Crippen LogP contribution in [0.5, 0.6) is 0 Å². The maximum Gasteiger partial charge on any atom is 0.350 e. The SMILES string of the molecule is CC[C@]1(C(=O)O)OC(=O)[C@@H](C(C)C)[C@H]1O. The van der Waals surface area contributed by atoms with Crippen molar-refractivity contribution in [2.24, 2.45) is 11.8 Å². The van der Waals surface area contributed by atoms with E-state index in [0.717, 1.165) is 0 Å². The van der Waals surface area contributed by atoms with Crippen LogP contribution in [-0.2, 0) is 14.3 Å². The zero-order chi connectivity index (χ0) is 11.8. The molecule has 0 spiro atoms. The Balaban J connectivity index is 3.07. The molecule has 0 aliphatic carbocycles. The van der Waals surface area contributed by atoms with Gasteiger partial charge in [-0.2, -0.15) is 0 Å². The van der Waals surface area contributed by atoms with E-state index < -0.39 is 29.6 Å². The van der Waals surface area contributed by atoms with Crippen molar-refractivity contribution in [3.63, 3.8) is 0 Å². The van der Waals surface area contributed by atoms with E-state index in [9.17, 15) is 14.7 Å². The Morgan fingerprint density at radius 2 is 2.13 bits per heavy atom. The highest BCUT2D eigenvalue weighted by Crippen LogP contribution is 2.38. The summed E-state index contributed by atoms with van der Waals surface area (Å²) < 4.78 is 4.86. The lowest BCUT2D eigenvalue weighted by molar-refractivity contribution is -0.176. The van der Waals surface area contributed by atoms with Crippen LogP contribution in [0.3, 0.4) is 0 Å². The maximum absolute atomic E-state index is 11.5. The summed E-state index contributed by atoms with van der Waals surface area (Å²) in [4.78, 5) is 22.5. The average molecular weight is 216 g/mol. The van der Waals surface area contributed by atoms with Gasteiger partial charge in [0.05, 0.1) is 5.92 Å². The minimum atomic E-state index is -1.76. The second kappa shape index (κ2) is 3.81. The molecule has 1 rings (SSSR count). The number of carboxylic acid groups (broad SMARTS) is 1. The smallest absolute Gasteiger partial charge is 0.350 e. The Labute approximate surface area is 88.0 Å². The zero-order valence-electron chi connectivity index (χ0n) is 9.06. The molecule has 2 N–H and O–H groups in total. The normalized spacial score (nSPS) is 35.7. The average Bonchev–Trinajstić information content (AvgIpc) is 2.38. The summed E-state index contributed by atoms with van der Waals surface area (Å²) in [6.07, 6.45) is -1.20. The van der Waals surface area contributed by atoms with Gasteiger partial charge in [-0.05, 0) is 12.3 Å². The molecule has 5 nitrogen and oxygen atoms in total. The van der Waals surface area contributed by atoms with Crippen molar-refractivity contribution in [3.05, 3.63) is 0 Å². The quantitative estimate of drug-likeness (QED) is 0.667. The highest BCUT2D eigenvalue weighted by atomic mass is 16.6. The molecule has 0 radical (unpaired) electrons. The molecule has 0 amide bonds. The van der Waals surface area contributed by atoms with E-state index in [1.54, 1.807) is 20.8 Å². The Morgan fingerprint density at radius 1 is 1.60 bits per heavy atom. The molecule has 0 aromatic heterocycles. The fraction of sp³-hybridized carbons (Fsp3) is 0.800. The molecule has 0 aromatic rings. The Morgan fingerprint density at radius 3 is 2.33 bits per heavy atom. The second-order valence-corrected chi connectivity index (χ2v) is 4.18. The summed E-state index contributed by atoms with van der Waals surface area (Å²) in [6, 6.07) is 0. The fourth-order valence-corrected chi connectivity index (χ4v) is 1.97. The molecule has 5 heteroatoms. The minimum Gasteiger partial charge on any atom is -0.478 e. The van der Waals surface area contributed by atoms with Crippen molar-refractivity contribution in [1.29, 1.82) is 0 Å². The number of carboxylic acids is 1. The van der Waals surface area contributed by atoms with Gasteiger partial charge in [-0.15, -0.1) is 0 Å². The van der Waals surface area contributed by atoms with Crippen molar-refractivity contribution in [1.82, 2.24) is 0 Å². The van der Waals surface area contributed by atoms with Crippen molar-refractivity contribution in [3.8, 4) is 0 Å². The molecule has 86 valence electrons. The van der Waals surface area contributed by atoms with Crippen LogP contribution in [0.2, 0.25) is 0 Å². The molecule has 1 saturated heterocycles. The van der Waals surface area contributed by atoms with E-state index in [-0.39, 0.29) is 12.3 Å². The molecule has 15 heavy (non-hydrogen) atoms. The van der Waals surface area contributed by atoms with Crippen LogP contribution >= 0.6 is 0 Å². The van der Waals surface area contributed by atoms with Crippen LogP contribution in [0.15, 0.2) is 0 Å². The first-order valence-corrected chi connectivity index (χ1v) is 5.01. The number of carbonyl (C=O) groups excluding carboxylic acids is 1. The van der Waals surface area contributed by atoms with Crippen LogP contribution in [0.4, 0.5) is 0 Å². The van der Waals surface area contributed by atoms with Gasteiger partial charge in [0.1, 0.15) is 6.10 Å². The van der Waals surface area contributed by atoms with Crippen LogP contribution in [0.25, 0.3) is 0 Å². The highest BCUT2D eigenvalue weighted by molar-refractivity contribution is 5.88. The lowest BCUT2D eigenvalue weighted by Crippen LogP contribution is -2.48. The fourth-order valence-electron chi connectivity index (χ4n) is 1.97. The molecule has 0 saturated carbocycles. The molecule has 1 aliphatic heterocycles. The minimum absolute atomic E-state index is 0.0679. The van der Waals surface area contributed by atoms with E-state index in [1.165, 1.54) is 0 Å². The van der Waals surface area contributed by atoms with E-state index in [1.807, 2.05) is 0 Å². The van der Waals surface area contributed by atoms with Gasteiger partial charge in [0.2, 0.25) is 5.60 Å². The number of aliphatic hydroxyl groups excluding tert-OH is 1. The number of carbonyl (C=O) groups is 2. The standard InChI is InChI=1S/C10H16O5/c1-4-10(9(13)14)7(11)6(5(2)3)8(12)15-10/h5-7,11H,4H2,1-3H3,(H,13,14)/t6-,7+,10-/m0/s1. The van der Waals surface area contributed by atoms with Crippen molar-refractivity contribution in [2.45, 2.75) is 38.9 Å². The summed E-state index contributed by atoms with van der Waals surface area (Å²) in [6.45, 7) is 5.08. The molecule has 1 heterocycles. The topological polar surface area (TPSA) is 83.8 Å². The predicted molar refractivity (Wildman–Crippen MR) is 51.1 cm³/mol. The van der Waals surface area contributed by atoms with E-state index in [4.69, 9.17) is 9.84 Å². The molecule has 1 aliphatic rings. The molecular formula is C10H16O5. The predicted octanol–water partition coefficient (Wildman–Crippen LogP) is 0.410. The second-order valence-electron chi connectivity index (χ2n) is 4.18. The third kappa shape index (κ3) is 1.61. The van der Waals surface area contributed by atoms with E-state index in [0.29, 0.717) is 0 Å². The molecular weight excluding hydrogens is 200 g/mol. The summed E-state index contributed by atoms with van der Waals surface area (Å²) in [5.74, 6) is -2.79. The van der Waals surface area contributed by atoms with Gasteiger partial charge in [-0.25, -0.2) is 4.79 Å². The van der Waals surface area contributed by atoms with Crippen molar-refractivity contribution < 1.29 is 24.5 Å². The summed E-state index contributed by atoms with van der Waals surface area (Å²) >= 11 is 0. The summed E-state index contributed by atoms with van der Waals surface area (Å²) in [5.41, 5.74) is -1.76. The molecule has 0 unspecified atom stereocenters. The summed E-state index contributed by atoms with van der Waals surface area (Å²) in [5, 5.41) is 18.9. The van der Waals surface area contributed by atoms with E-state index >= 15 is 0 Å². The Bertz CT molecular complexity index is 286. The number of rotatable bonds is 3. The van der Waals surface area contributed by atoms with Gasteiger partial charge in [0.15, 0.2) is 0 Å². The lowest BCUT2D eigenvalue weighted by Gasteiger charge is -2.26. The number of hydrogen-bond donors (Lipinski definition) is 2. The third-order valence-electron chi connectivity index (χ3n) is 2.98. The Hall–Kier alpha value is -1.10. The lowest BCUT2D eigenvalue weighted by atomic mass is 9.82. The zero-order valence-corrected chi connectivity index (χ0v) is 9.06. The first-order chi connectivity index (χ1) is 6.86. The number of ether oxygens (including phenoxy) is 1. The van der Waals surface area contributed by atoms with Crippen molar-refractivity contribution >= 4 is 11.9 Å². The molecule has 3 atom stereocenters. The molecule has 0 aromatic carbocycles. The largest absolute Gasteiger partial charge is 0.478 e. The van der Waals surface area contributed by atoms with Crippen LogP contribution in [-0.4, -0.2) is 33.9 Å². The number of hydrogen-bond acceptors (Lipinski definition) is 4. The maximum atomic E-state index is 11.5. The number of aliphatic carboxylic acids is 1. The Kier molecular flexibility index (Phi) is 3.04. The van der Waals surface area contributed by atoms with Gasteiger partial charge in [-0.1, -0.05) is 20.8 Å². The van der Waals surface area contributed by atoms with Gasteiger partial charge in [-0.3, -0.25) is 4.79 Å². The highest BCUT2D eigenvalue weighted by Gasteiger charge is 2.59. The first kappa shape index (κ1) is 12.0. The van der Waals surface area contributed by atoms with Gasteiger partial charge in [0, 0.05) is 0 Å².